The normalized spacial score (nSPS) is 10.5. The van der Waals surface area contributed by atoms with Gasteiger partial charge in [-0.15, -0.1) is 10.2 Å². The van der Waals surface area contributed by atoms with E-state index in [1.807, 2.05) is 18.2 Å². The van der Waals surface area contributed by atoms with Gasteiger partial charge in [0.05, 0.1) is 7.11 Å². The predicted octanol–water partition coefficient (Wildman–Crippen LogP) is 3.92. The minimum absolute atomic E-state index is 0.188. The van der Waals surface area contributed by atoms with Gasteiger partial charge in [0.15, 0.2) is 17.3 Å². The van der Waals surface area contributed by atoms with E-state index in [0.717, 1.165) is 17.8 Å². The molecule has 0 saturated carbocycles. The molecule has 1 N–H and O–H groups in total. The average molecular weight is 373 g/mol. The van der Waals surface area contributed by atoms with Crippen molar-refractivity contribution in [3.8, 4) is 11.5 Å². The smallest absolute Gasteiger partial charge is 0.293 e. The van der Waals surface area contributed by atoms with E-state index in [4.69, 9.17) is 13.9 Å². The van der Waals surface area contributed by atoms with Crippen molar-refractivity contribution in [2.24, 2.45) is 0 Å². The van der Waals surface area contributed by atoms with Gasteiger partial charge in [-0.1, -0.05) is 30.4 Å². The fraction of sp³-hybridized carbons (Fsp3) is 0.278. The molecule has 136 valence electrons. The minimum atomic E-state index is -0.368. The molecule has 0 bridgehead atoms. The number of nitrogens with one attached hydrogen (secondary N) is 1. The third-order valence-corrected chi connectivity index (χ3v) is 4.37. The number of anilines is 1. The fourth-order valence-corrected chi connectivity index (χ4v) is 3.08. The lowest BCUT2D eigenvalue weighted by atomic mass is 10.3. The highest BCUT2D eigenvalue weighted by atomic mass is 32.1. The van der Waals surface area contributed by atoms with Gasteiger partial charge in [0.2, 0.25) is 5.13 Å². The summed E-state index contributed by atoms with van der Waals surface area (Å²) in [5.41, 5.74) is 0. The number of para-hydroxylation sites is 2. The summed E-state index contributed by atoms with van der Waals surface area (Å²) < 4.78 is 16.5. The molecule has 0 aliphatic carbocycles. The second-order valence-corrected chi connectivity index (χ2v) is 6.47. The first-order valence-electron chi connectivity index (χ1n) is 8.18. The fourth-order valence-electron chi connectivity index (χ4n) is 2.24. The van der Waals surface area contributed by atoms with Crippen LogP contribution < -0.4 is 14.8 Å². The summed E-state index contributed by atoms with van der Waals surface area (Å²) in [5.74, 6) is 1.60. The molecule has 26 heavy (non-hydrogen) atoms. The van der Waals surface area contributed by atoms with Crippen molar-refractivity contribution in [1.29, 1.82) is 0 Å². The molecule has 0 saturated heterocycles. The maximum Gasteiger partial charge on any atom is 0.293 e. The Morgan fingerprint density at radius 2 is 2.00 bits per heavy atom. The lowest BCUT2D eigenvalue weighted by Gasteiger charge is -2.08. The van der Waals surface area contributed by atoms with Crippen LogP contribution in [-0.4, -0.2) is 23.2 Å². The van der Waals surface area contributed by atoms with Crippen LogP contribution in [0.15, 0.2) is 40.8 Å². The third-order valence-electron chi connectivity index (χ3n) is 3.48. The topological polar surface area (TPSA) is 86.5 Å². The zero-order valence-corrected chi connectivity index (χ0v) is 15.3. The number of aromatic nitrogens is 2. The van der Waals surface area contributed by atoms with Crippen LogP contribution in [0.2, 0.25) is 0 Å². The van der Waals surface area contributed by atoms with E-state index in [1.54, 1.807) is 25.3 Å². The largest absolute Gasteiger partial charge is 0.493 e. The van der Waals surface area contributed by atoms with Gasteiger partial charge in [-0.2, -0.15) is 0 Å². The van der Waals surface area contributed by atoms with Crippen LogP contribution in [-0.2, 0) is 13.0 Å². The number of ether oxygens (including phenoxy) is 2. The predicted molar refractivity (Wildman–Crippen MR) is 97.9 cm³/mol. The molecule has 0 fully saturated rings. The van der Waals surface area contributed by atoms with Crippen molar-refractivity contribution in [3.05, 3.63) is 52.9 Å². The third kappa shape index (κ3) is 4.40. The Morgan fingerprint density at radius 1 is 1.19 bits per heavy atom. The summed E-state index contributed by atoms with van der Waals surface area (Å²) in [7, 11) is 1.58. The number of rotatable bonds is 8. The van der Waals surface area contributed by atoms with E-state index in [2.05, 4.69) is 22.4 Å². The van der Waals surface area contributed by atoms with Crippen molar-refractivity contribution in [2.75, 3.05) is 12.4 Å². The minimum Gasteiger partial charge on any atom is -0.493 e. The van der Waals surface area contributed by atoms with Crippen molar-refractivity contribution >= 4 is 22.4 Å². The Labute approximate surface area is 155 Å². The number of carbonyl (C=O) groups is 1. The van der Waals surface area contributed by atoms with Crippen LogP contribution in [0.25, 0.3) is 0 Å². The monoisotopic (exact) mass is 373 g/mol. The van der Waals surface area contributed by atoms with Gasteiger partial charge in [-0.25, -0.2) is 0 Å². The van der Waals surface area contributed by atoms with Crippen LogP contribution in [0.1, 0.15) is 34.7 Å². The van der Waals surface area contributed by atoms with Gasteiger partial charge in [-0.3, -0.25) is 10.1 Å². The number of nitrogens with zero attached hydrogens (tertiary/aromatic N) is 2. The van der Waals surface area contributed by atoms with Gasteiger partial charge in [0, 0.05) is 6.42 Å². The summed E-state index contributed by atoms with van der Waals surface area (Å²) in [4.78, 5) is 12.2. The molecular weight excluding hydrogens is 354 g/mol. The Balaban J connectivity index is 1.59. The maximum atomic E-state index is 12.2. The molecule has 0 unspecified atom stereocenters. The molecule has 1 amide bonds. The van der Waals surface area contributed by atoms with Crippen LogP contribution in [0.3, 0.4) is 0 Å². The molecule has 2 heterocycles. The molecule has 0 atom stereocenters. The molecule has 0 radical (unpaired) electrons. The second-order valence-electron chi connectivity index (χ2n) is 5.41. The molecule has 2 aromatic heterocycles. The second kappa shape index (κ2) is 8.48. The van der Waals surface area contributed by atoms with Crippen molar-refractivity contribution < 1.29 is 18.7 Å². The van der Waals surface area contributed by atoms with E-state index in [9.17, 15) is 4.79 Å². The van der Waals surface area contributed by atoms with E-state index in [1.165, 1.54) is 11.3 Å². The highest BCUT2D eigenvalue weighted by Crippen LogP contribution is 2.27. The average Bonchev–Trinajstić information content (AvgIpc) is 3.30. The van der Waals surface area contributed by atoms with E-state index in [0.29, 0.717) is 22.4 Å². The number of benzene rings is 1. The van der Waals surface area contributed by atoms with Gasteiger partial charge in [0.25, 0.3) is 5.91 Å². The number of furan rings is 1. The number of carbonyl (C=O) groups excluding carboxylic acids is 1. The van der Waals surface area contributed by atoms with Gasteiger partial charge in [0.1, 0.15) is 17.4 Å². The zero-order valence-electron chi connectivity index (χ0n) is 14.5. The summed E-state index contributed by atoms with van der Waals surface area (Å²) in [6.07, 6.45) is 1.83. The number of methoxy groups -OCH3 is 1. The summed E-state index contributed by atoms with van der Waals surface area (Å²) >= 11 is 1.36. The van der Waals surface area contributed by atoms with Gasteiger partial charge in [-0.05, 0) is 30.7 Å². The Hall–Kier alpha value is -2.87. The Morgan fingerprint density at radius 3 is 2.77 bits per heavy atom. The molecule has 0 aliphatic rings. The number of hydrogen-bond acceptors (Lipinski definition) is 7. The van der Waals surface area contributed by atoms with Crippen molar-refractivity contribution in [3.63, 3.8) is 0 Å². The lowest BCUT2D eigenvalue weighted by molar-refractivity contribution is 0.0992. The van der Waals surface area contributed by atoms with Crippen LogP contribution >= 0.6 is 11.3 Å². The summed E-state index contributed by atoms with van der Waals surface area (Å²) in [5, 5.41) is 12.0. The summed E-state index contributed by atoms with van der Waals surface area (Å²) in [6, 6.07) is 10.6. The molecule has 8 heteroatoms. The van der Waals surface area contributed by atoms with E-state index in [-0.39, 0.29) is 18.3 Å². The van der Waals surface area contributed by atoms with E-state index < -0.39 is 0 Å². The molecule has 7 nitrogen and oxygen atoms in total. The van der Waals surface area contributed by atoms with Crippen LogP contribution in [0.5, 0.6) is 11.5 Å². The quantitative estimate of drug-likeness (QED) is 0.644. The molecule has 1 aromatic carbocycles. The summed E-state index contributed by atoms with van der Waals surface area (Å²) in [6.45, 7) is 2.25. The Kier molecular flexibility index (Phi) is 5.85. The molecule has 0 spiro atoms. The van der Waals surface area contributed by atoms with Gasteiger partial charge >= 0.3 is 0 Å². The SMILES string of the molecule is CCCc1nnc(NC(=O)c2ccc(COc3ccccc3OC)o2)s1. The standard InChI is InChI=1S/C18H19N3O4S/c1-3-6-16-20-21-18(26-16)19-17(22)15-10-9-12(25-15)11-24-14-8-5-4-7-13(14)23-2/h4-5,7-10H,3,6,11H2,1-2H3,(H,19,21,22). The van der Waals surface area contributed by atoms with Gasteiger partial charge < -0.3 is 13.9 Å². The molecule has 3 aromatic rings. The Bertz CT molecular complexity index is 875. The first kappa shape index (κ1) is 17.9. The first-order valence-corrected chi connectivity index (χ1v) is 8.99. The lowest BCUT2D eigenvalue weighted by Crippen LogP contribution is -2.10. The zero-order chi connectivity index (χ0) is 18.4. The van der Waals surface area contributed by atoms with Crippen LogP contribution in [0, 0.1) is 0 Å². The first-order chi connectivity index (χ1) is 12.7. The van der Waals surface area contributed by atoms with Crippen molar-refractivity contribution in [1.82, 2.24) is 10.2 Å². The number of amides is 1. The van der Waals surface area contributed by atoms with Crippen LogP contribution in [0.4, 0.5) is 5.13 Å². The maximum absolute atomic E-state index is 12.2. The van der Waals surface area contributed by atoms with Crippen molar-refractivity contribution in [2.45, 2.75) is 26.4 Å². The molecule has 3 rings (SSSR count). The highest BCUT2D eigenvalue weighted by molar-refractivity contribution is 7.15. The van der Waals surface area contributed by atoms with E-state index >= 15 is 0 Å². The molecule has 0 aliphatic heterocycles. The number of hydrogen-bond donors (Lipinski definition) is 1. The number of aryl methyl sites for hydroxylation is 1. The molecular formula is C18H19N3O4S. The highest BCUT2D eigenvalue weighted by Gasteiger charge is 2.14.